The molecular formula is C16H25N3O. The topological polar surface area (TPSA) is 45.2 Å². The van der Waals surface area contributed by atoms with Crippen molar-refractivity contribution in [2.45, 2.75) is 52.0 Å². The van der Waals surface area contributed by atoms with Gasteiger partial charge in [-0.3, -0.25) is 9.78 Å². The Balaban J connectivity index is 2.12. The molecule has 4 nitrogen and oxygen atoms in total. The van der Waals surface area contributed by atoms with Crippen LogP contribution in [0.3, 0.4) is 0 Å². The Morgan fingerprint density at radius 2 is 1.85 bits per heavy atom. The van der Waals surface area contributed by atoms with Crippen LogP contribution in [-0.4, -0.2) is 29.5 Å². The van der Waals surface area contributed by atoms with Crippen LogP contribution in [0.4, 0.5) is 5.69 Å². The van der Waals surface area contributed by atoms with Crippen LogP contribution in [-0.2, 0) is 0 Å². The Kier molecular flexibility index (Phi) is 4.63. The van der Waals surface area contributed by atoms with Crippen LogP contribution in [0.2, 0.25) is 0 Å². The van der Waals surface area contributed by atoms with E-state index in [2.05, 4.69) is 15.2 Å². The highest BCUT2D eigenvalue weighted by Crippen LogP contribution is 2.19. The van der Waals surface area contributed by atoms with Crippen molar-refractivity contribution in [2.24, 2.45) is 0 Å². The van der Waals surface area contributed by atoms with Gasteiger partial charge in [0.2, 0.25) is 0 Å². The van der Waals surface area contributed by atoms with Gasteiger partial charge < -0.3 is 10.2 Å². The maximum absolute atomic E-state index is 12.2. The molecule has 0 aliphatic carbocycles. The van der Waals surface area contributed by atoms with Crippen LogP contribution < -0.4 is 10.2 Å². The summed E-state index contributed by atoms with van der Waals surface area (Å²) in [4.78, 5) is 18.7. The van der Waals surface area contributed by atoms with Crippen LogP contribution in [0.15, 0.2) is 18.3 Å². The number of nitrogens with one attached hydrogen (secondary N) is 1. The zero-order valence-corrected chi connectivity index (χ0v) is 12.8. The maximum Gasteiger partial charge on any atom is 0.270 e. The fraction of sp³-hybridized carbons (Fsp3) is 0.625. The van der Waals surface area contributed by atoms with Gasteiger partial charge in [0.15, 0.2) is 0 Å². The standard InChI is InChI=1S/C16H25N3O/c1-16(2,3)18-15(20)14-12-13(8-9-17-14)19-10-6-4-5-7-11-19/h8-9,12H,4-7,10-11H2,1-3H3,(H,18,20). The summed E-state index contributed by atoms with van der Waals surface area (Å²) in [5.74, 6) is -0.103. The Morgan fingerprint density at radius 3 is 2.45 bits per heavy atom. The monoisotopic (exact) mass is 275 g/mol. The molecular weight excluding hydrogens is 250 g/mol. The second-order valence-electron chi connectivity index (χ2n) is 6.50. The summed E-state index contributed by atoms with van der Waals surface area (Å²) in [7, 11) is 0. The second kappa shape index (κ2) is 6.25. The molecule has 110 valence electrons. The lowest BCUT2D eigenvalue weighted by molar-refractivity contribution is 0.0914. The third-order valence-corrected chi connectivity index (χ3v) is 3.44. The van der Waals surface area contributed by atoms with Gasteiger partial charge in [0.1, 0.15) is 5.69 Å². The minimum absolute atomic E-state index is 0.103. The zero-order chi connectivity index (χ0) is 14.6. The molecule has 1 aliphatic heterocycles. The van der Waals surface area contributed by atoms with Crippen molar-refractivity contribution in [1.29, 1.82) is 0 Å². The van der Waals surface area contributed by atoms with Crippen LogP contribution in [0, 0.1) is 0 Å². The minimum atomic E-state index is -0.239. The molecule has 0 radical (unpaired) electrons. The quantitative estimate of drug-likeness (QED) is 0.902. The van der Waals surface area contributed by atoms with Crippen molar-refractivity contribution in [3.05, 3.63) is 24.0 Å². The average Bonchev–Trinajstić information content (AvgIpc) is 2.66. The van der Waals surface area contributed by atoms with E-state index in [0.29, 0.717) is 5.69 Å². The molecule has 0 atom stereocenters. The van der Waals surface area contributed by atoms with E-state index in [0.717, 1.165) is 18.8 Å². The first-order valence-electron chi connectivity index (χ1n) is 7.49. The van der Waals surface area contributed by atoms with Gasteiger partial charge in [0, 0.05) is 30.5 Å². The van der Waals surface area contributed by atoms with Crippen LogP contribution in [0.25, 0.3) is 0 Å². The lowest BCUT2D eigenvalue weighted by Gasteiger charge is -2.24. The van der Waals surface area contributed by atoms with E-state index in [9.17, 15) is 4.79 Å². The van der Waals surface area contributed by atoms with E-state index in [1.807, 2.05) is 32.9 Å². The number of rotatable bonds is 2. The van der Waals surface area contributed by atoms with Gasteiger partial charge in [-0.15, -0.1) is 0 Å². The maximum atomic E-state index is 12.2. The first-order chi connectivity index (χ1) is 9.46. The fourth-order valence-corrected chi connectivity index (χ4v) is 2.47. The second-order valence-corrected chi connectivity index (χ2v) is 6.50. The molecule has 0 spiro atoms. The lowest BCUT2D eigenvalue weighted by atomic mass is 10.1. The first-order valence-corrected chi connectivity index (χ1v) is 7.49. The van der Waals surface area contributed by atoms with Crippen molar-refractivity contribution < 1.29 is 4.79 Å². The number of carbonyl (C=O) groups excluding carboxylic acids is 1. The third-order valence-electron chi connectivity index (χ3n) is 3.44. The number of nitrogens with zero attached hydrogens (tertiary/aromatic N) is 2. The third kappa shape index (κ3) is 4.22. The first kappa shape index (κ1) is 14.8. The van der Waals surface area contributed by atoms with Crippen molar-refractivity contribution in [3.63, 3.8) is 0 Å². The Bertz CT molecular complexity index is 457. The van der Waals surface area contributed by atoms with E-state index in [-0.39, 0.29) is 11.4 Å². The number of carbonyl (C=O) groups is 1. The molecule has 1 aromatic heterocycles. The van der Waals surface area contributed by atoms with Crippen molar-refractivity contribution in [2.75, 3.05) is 18.0 Å². The smallest absolute Gasteiger partial charge is 0.270 e. The van der Waals surface area contributed by atoms with Crippen LogP contribution >= 0.6 is 0 Å². The molecule has 0 unspecified atom stereocenters. The molecule has 1 N–H and O–H groups in total. The minimum Gasteiger partial charge on any atom is -0.371 e. The normalized spacial score (nSPS) is 16.6. The molecule has 20 heavy (non-hydrogen) atoms. The zero-order valence-electron chi connectivity index (χ0n) is 12.8. The highest BCUT2D eigenvalue weighted by Gasteiger charge is 2.17. The van der Waals surface area contributed by atoms with Gasteiger partial charge in [-0.25, -0.2) is 0 Å². The number of hydrogen-bond donors (Lipinski definition) is 1. The van der Waals surface area contributed by atoms with E-state index in [1.54, 1.807) is 6.20 Å². The van der Waals surface area contributed by atoms with Crippen LogP contribution in [0.5, 0.6) is 0 Å². The number of hydrogen-bond acceptors (Lipinski definition) is 3. The Morgan fingerprint density at radius 1 is 1.20 bits per heavy atom. The van der Waals surface area contributed by atoms with E-state index in [4.69, 9.17) is 0 Å². The highest BCUT2D eigenvalue weighted by molar-refractivity contribution is 5.93. The Hall–Kier alpha value is -1.58. The molecule has 1 fully saturated rings. The lowest BCUT2D eigenvalue weighted by Crippen LogP contribution is -2.41. The molecule has 0 bridgehead atoms. The molecule has 1 aliphatic rings. The van der Waals surface area contributed by atoms with Crippen molar-refractivity contribution in [3.8, 4) is 0 Å². The molecule has 1 saturated heterocycles. The summed E-state index contributed by atoms with van der Waals surface area (Å²) >= 11 is 0. The molecule has 0 aromatic carbocycles. The molecule has 4 heteroatoms. The molecule has 2 heterocycles. The summed E-state index contributed by atoms with van der Waals surface area (Å²) in [6.07, 6.45) is 6.80. The van der Waals surface area contributed by atoms with Gasteiger partial charge in [-0.1, -0.05) is 12.8 Å². The average molecular weight is 275 g/mol. The number of anilines is 1. The molecule has 1 aromatic rings. The van der Waals surface area contributed by atoms with E-state index >= 15 is 0 Å². The van der Waals surface area contributed by atoms with Gasteiger partial charge in [0.25, 0.3) is 5.91 Å². The summed E-state index contributed by atoms with van der Waals surface area (Å²) in [6, 6.07) is 3.91. The molecule has 0 saturated carbocycles. The predicted octanol–water partition coefficient (Wildman–Crippen LogP) is 2.99. The fourth-order valence-electron chi connectivity index (χ4n) is 2.47. The highest BCUT2D eigenvalue weighted by atomic mass is 16.2. The SMILES string of the molecule is CC(C)(C)NC(=O)c1cc(N2CCCCCC2)ccn1. The van der Waals surface area contributed by atoms with E-state index < -0.39 is 0 Å². The number of pyridine rings is 1. The number of amides is 1. The Labute approximate surface area is 121 Å². The number of aromatic nitrogens is 1. The van der Waals surface area contributed by atoms with Gasteiger partial charge in [-0.2, -0.15) is 0 Å². The van der Waals surface area contributed by atoms with Gasteiger partial charge in [-0.05, 0) is 45.7 Å². The predicted molar refractivity (Wildman–Crippen MR) is 82.1 cm³/mol. The summed E-state index contributed by atoms with van der Waals surface area (Å²) in [5, 5.41) is 2.96. The molecule has 1 amide bonds. The summed E-state index contributed by atoms with van der Waals surface area (Å²) in [5.41, 5.74) is 1.37. The summed E-state index contributed by atoms with van der Waals surface area (Å²) < 4.78 is 0. The van der Waals surface area contributed by atoms with Crippen molar-refractivity contribution >= 4 is 11.6 Å². The summed E-state index contributed by atoms with van der Waals surface area (Å²) in [6.45, 7) is 8.07. The van der Waals surface area contributed by atoms with Gasteiger partial charge >= 0.3 is 0 Å². The van der Waals surface area contributed by atoms with Crippen LogP contribution in [0.1, 0.15) is 56.9 Å². The van der Waals surface area contributed by atoms with E-state index in [1.165, 1.54) is 25.7 Å². The van der Waals surface area contributed by atoms with Crippen molar-refractivity contribution in [1.82, 2.24) is 10.3 Å². The molecule has 2 rings (SSSR count). The largest absolute Gasteiger partial charge is 0.371 e. The van der Waals surface area contributed by atoms with Gasteiger partial charge in [0.05, 0.1) is 0 Å².